The van der Waals surface area contributed by atoms with Crippen molar-refractivity contribution in [3.63, 3.8) is 0 Å². The van der Waals surface area contributed by atoms with Gasteiger partial charge in [-0.25, -0.2) is 9.37 Å². The first-order valence-corrected chi connectivity index (χ1v) is 12.5. The van der Waals surface area contributed by atoms with Gasteiger partial charge in [0.15, 0.2) is 5.13 Å². The number of aromatic nitrogens is 1. The lowest BCUT2D eigenvalue weighted by molar-refractivity contribution is -0.113. The van der Waals surface area contributed by atoms with Crippen LogP contribution < -0.4 is 10.6 Å². The third-order valence-corrected chi connectivity index (χ3v) is 6.83. The molecule has 0 saturated carbocycles. The second-order valence-corrected chi connectivity index (χ2v) is 9.74. The SMILES string of the molecule is O=C(CSc1cccc(NC(=O)c2ccc(Cl)cc2Cl)c1)Nc1nc(-c2ccc(F)cc2)cs1. The number of anilines is 2. The fourth-order valence-electron chi connectivity index (χ4n) is 2.92. The predicted molar refractivity (Wildman–Crippen MR) is 138 cm³/mol. The van der Waals surface area contributed by atoms with Crippen molar-refractivity contribution in [1.29, 1.82) is 0 Å². The number of hydrogen-bond donors (Lipinski definition) is 2. The van der Waals surface area contributed by atoms with Gasteiger partial charge in [0, 0.05) is 26.5 Å². The van der Waals surface area contributed by atoms with E-state index in [0.29, 0.717) is 27.1 Å². The van der Waals surface area contributed by atoms with E-state index in [1.54, 1.807) is 47.8 Å². The number of hydrogen-bond acceptors (Lipinski definition) is 5. The number of thiazole rings is 1. The minimum Gasteiger partial charge on any atom is -0.322 e. The highest BCUT2D eigenvalue weighted by Gasteiger charge is 2.12. The molecule has 1 aromatic heterocycles. The third-order valence-electron chi connectivity index (χ3n) is 4.53. The van der Waals surface area contributed by atoms with Crippen LogP contribution in [-0.2, 0) is 4.79 Å². The van der Waals surface area contributed by atoms with Gasteiger partial charge in [-0.15, -0.1) is 23.1 Å². The molecule has 2 N–H and O–H groups in total. The van der Waals surface area contributed by atoms with Gasteiger partial charge >= 0.3 is 0 Å². The van der Waals surface area contributed by atoms with Gasteiger partial charge in [-0.2, -0.15) is 0 Å². The molecule has 0 aliphatic rings. The number of nitrogens with one attached hydrogen (secondary N) is 2. The minimum absolute atomic E-state index is 0.159. The van der Waals surface area contributed by atoms with Gasteiger partial charge in [-0.1, -0.05) is 29.3 Å². The van der Waals surface area contributed by atoms with Gasteiger partial charge in [0.05, 0.1) is 22.0 Å². The Labute approximate surface area is 213 Å². The number of thioether (sulfide) groups is 1. The predicted octanol–water partition coefficient (Wildman–Crippen LogP) is 7.24. The van der Waals surface area contributed by atoms with E-state index in [2.05, 4.69) is 15.6 Å². The molecule has 0 bridgehead atoms. The molecular weight excluding hydrogens is 516 g/mol. The molecule has 0 spiro atoms. The first kappa shape index (κ1) is 24.2. The van der Waals surface area contributed by atoms with Crippen molar-refractivity contribution in [2.75, 3.05) is 16.4 Å². The molecule has 0 aliphatic heterocycles. The lowest BCUT2D eigenvalue weighted by Gasteiger charge is -2.09. The molecule has 1 heterocycles. The lowest BCUT2D eigenvalue weighted by atomic mass is 10.2. The van der Waals surface area contributed by atoms with Gasteiger partial charge in [-0.3, -0.25) is 9.59 Å². The smallest absolute Gasteiger partial charge is 0.257 e. The molecule has 3 aromatic carbocycles. The summed E-state index contributed by atoms with van der Waals surface area (Å²) >= 11 is 14.6. The molecule has 5 nitrogen and oxygen atoms in total. The molecule has 2 amide bonds. The summed E-state index contributed by atoms with van der Waals surface area (Å²) < 4.78 is 13.1. The average Bonchev–Trinajstić information content (AvgIpc) is 3.26. The quantitative estimate of drug-likeness (QED) is 0.246. The Morgan fingerprint density at radius 1 is 1.00 bits per heavy atom. The van der Waals surface area contributed by atoms with E-state index in [-0.39, 0.29) is 28.4 Å². The van der Waals surface area contributed by atoms with Crippen LogP contribution in [0.3, 0.4) is 0 Å². The van der Waals surface area contributed by atoms with E-state index in [4.69, 9.17) is 23.2 Å². The fourth-order valence-corrected chi connectivity index (χ4v) is 4.91. The van der Waals surface area contributed by atoms with Gasteiger partial charge in [0.1, 0.15) is 5.82 Å². The summed E-state index contributed by atoms with van der Waals surface area (Å²) in [6.07, 6.45) is 0. The average molecular weight is 532 g/mol. The van der Waals surface area contributed by atoms with Crippen LogP contribution in [0.1, 0.15) is 10.4 Å². The van der Waals surface area contributed by atoms with Gasteiger partial charge in [0.25, 0.3) is 5.91 Å². The number of nitrogens with zero attached hydrogens (tertiary/aromatic N) is 1. The van der Waals surface area contributed by atoms with E-state index >= 15 is 0 Å². The van der Waals surface area contributed by atoms with Crippen molar-refractivity contribution >= 4 is 68.9 Å². The molecule has 0 unspecified atom stereocenters. The van der Waals surface area contributed by atoms with Gasteiger partial charge < -0.3 is 10.6 Å². The van der Waals surface area contributed by atoms with E-state index in [0.717, 1.165) is 10.5 Å². The highest BCUT2D eigenvalue weighted by atomic mass is 35.5. The molecule has 34 heavy (non-hydrogen) atoms. The van der Waals surface area contributed by atoms with E-state index in [1.807, 2.05) is 6.07 Å². The minimum atomic E-state index is -0.359. The van der Waals surface area contributed by atoms with Crippen LogP contribution in [0, 0.1) is 5.82 Å². The highest BCUT2D eigenvalue weighted by molar-refractivity contribution is 8.00. The number of halogens is 3. The normalized spacial score (nSPS) is 10.7. The summed E-state index contributed by atoms with van der Waals surface area (Å²) in [7, 11) is 0. The molecular formula is C24H16Cl2FN3O2S2. The maximum Gasteiger partial charge on any atom is 0.257 e. The van der Waals surface area contributed by atoms with Crippen molar-refractivity contribution in [2.45, 2.75) is 4.90 Å². The summed E-state index contributed by atoms with van der Waals surface area (Å²) in [6.45, 7) is 0. The number of carbonyl (C=O) groups is 2. The third kappa shape index (κ3) is 6.36. The van der Waals surface area contributed by atoms with Crippen LogP contribution in [0.5, 0.6) is 0 Å². The number of carbonyl (C=O) groups excluding carboxylic acids is 2. The summed E-state index contributed by atoms with van der Waals surface area (Å²) in [5.74, 6) is -0.733. The Balaban J connectivity index is 1.32. The van der Waals surface area contributed by atoms with Crippen molar-refractivity contribution in [3.8, 4) is 11.3 Å². The molecule has 0 atom stereocenters. The summed E-state index contributed by atoms with van der Waals surface area (Å²) in [5.41, 5.74) is 2.32. The zero-order valence-corrected chi connectivity index (χ0v) is 20.5. The van der Waals surface area contributed by atoms with Gasteiger partial charge in [-0.05, 0) is 60.7 Å². The summed E-state index contributed by atoms with van der Waals surface area (Å²) in [4.78, 5) is 30.1. The molecule has 172 valence electrons. The molecule has 0 aliphatic carbocycles. The second kappa shape index (κ2) is 11.0. The number of benzene rings is 3. The molecule has 4 rings (SSSR count). The zero-order valence-electron chi connectivity index (χ0n) is 17.3. The zero-order chi connectivity index (χ0) is 24.1. The topological polar surface area (TPSA) is 71.1 Å². The monoisotopic (exact) mass is 531 g/mol. The molecule has 0 radical (unpaired) electrons. The van der Waals surface area contributed by atoms with Gasteiger partial charge in [0.2, 0.25) is 5.91 Å². The highest BCUT2D eigenvalue weighted by Crippen LogP contribution is 2.27. The lowest BCUT2D eigenvalue weighted by Crippen LogP contribution is -2.14. The summed E-state index contributed by atoms with van der Waals surface area (Å²) in [6, 6.07) is 17.8. The number of amides is 2. The molecule has 0 fully saturated rings. The van der Waals surface area contributed by atoms with Crippen LogP contribution in [0.25, 0.3) is 11.3 Å². The van der Waals surface area contributed by atoms with Crippen LogP contribution in [0.2, 0.25) is 10.0 Å². The maximum absolute atomic E-state index is 13.1. The van der Waals surface area contributed by atoms with Crippen molar-refractivity contribution in [1.82, 2.24) is 4.98 Å². The van der Waals surface area contributed by atoms with Crippen molar-refractivity contribution in [3.05, 3.63) is 93.5 Å². The molecule has 4 aromatic rings. The van der Waals surface area contributed by atoms with Crippen LogP contribution in [0.4, 0.5) is 15.2 Å². The standard InChI is InChI=1S/C24H16Cl2FN3O2S2/c25-15-6-9-19(20(26)10-15)23(32)28-17-2-1-3-18(11-17)33-13-22(31)30-24-29-21(12-34-24)14-4-7-16(27)8-5-14/h1-12H,13H2,(H,28,32)(H,29,30,31). The first-order chi connectivity index (χ1) is 16.4. The Morgan fingerprint density at radius 2 is 1.79 bits per heavy atom. The molecule has 10 heteroatoms. The Morgan fingerprint density at radius 3 is 2.56 bits per heavy atom. The van der Waals surface area contributed by atoms with Crippen molar-refractivity contribution in [2.24, 2.45) is 0 Å². The Bertz CT molecular complexity index is 1350. The Kier molecular flexibility index (Phi) is 7.84. The van der Waals surface area contributed by atoms with Crippen LogP contribution in [0.15, 0.2) is 77.0 Å². The van der Waals surface area contributed by atoms with Crippen LogP contribution >= 0.6 is 46.3 Å². The van der Waals surface area contributed by atoms with E-state index < -0.39 is 0 Å². The van der Waals surface area contributed by atoms with E-state index in [1.165, 1.54) is 41.3 Å². The first-order valence-electron chi connectivity index (χ1n) is 9.88. The number of rotatable bonds is 7. The Hall–Kier alpha value is -2.91. The second-order valence-electron chi connectivity index (χ2n) is 6.99. The largest absolute Gasteiger partial charge is 0.322 e. The summed E-state index contributed by atoms with van der Waals surface area (Å²) in [5, 5.41) is 8.54. The van der Waals surface area contributed by atoms with E-state index in [9.17, 15) is 14.0 Å². The van der Waals surface area contributed by atoms with Crippen molar-refractivity contribution < 1.29 is 14.0 Å². The maximum atomic E-state index is 13.1. The van der Waals surface area contributed by atoms with Crippen LogP contribution in [-0.4, -0.2) is 22.6 Å². The fraction of sp³-hybridized carbons (Fsp3) is 0.0417. The molecule has 0 saturated heterocycles.